The number of nitrogen functional groups attached to an aromatic ring is 1. The smallest absolute Gasteiger partial charge is 0.150 e. The molecule has 3 N–H and O–H groups in total. The zero-order valence-corrected chi connectivity index (χ0v) is 17.7. The van der Waals surface area contributed by atoms with Gasteiger partial charge in [-0.15, -0.1) is 0 Å². The highest BCUT2D eigenvalue weighted by Gasteiger charge is 2.19. The van der Waals surface area contributed by atoms with Crippen molar-refractivity contribution in [1.29, 1.82) is 0 Å². The van der Waals surface area contributed by atoms with Crippen molar-refractivity contribution in [2.75, 3.05) is 31.2 Å². The highest BCUT2D eigenvalue weighted by molar-refractivity contribution is 5.79. The fourth-order valence-electron chi connectivity index (χ4n) is 4.12. The molecule has 0 radical (unpaired) electrons. The molecule has 0 amide bonds. The van der Waals surface area contributed by atoms with E-state index in [1.807, 2.05) is 36.7 Å². The average Bonchev–Trinajstić information content (AvgIpc) is 3.29. The van der Waals surface area contributed by atoms with Crippen LogP contribution in [0.25, 0.3) is 22.2 Å². The molecule has 4 aromatic rings. The summed E-state index contributed by atoms with van der Waals surface area (Å²) in [6.07, 6.45) is 8.07. The molecule has 0 spiro atoms. The molecule has 4 heterocycles. The Morgan fingerprint density at radius 1 is 1.13 bits per heavy atom. The van der Waals surface area contributed by atoms with Crippen molar-refractivity contribution in [1.82, 2.24) is 24.6 Å². The normalized spacial score (nSPS) is 15.4. The Morgan fingerprint density at radius 3 is 2.87 bits per heavy atom. The van der Waals surface area contributed by atoms with Crippen LogP contribution in [-0.4, -0.2) is 44.8 Å². The van der Waals surface area contributed by atoms with Crippen LogP contribution in [0.2, 0.25) is 0 Å². The minimum absolute atomic E-state index is 0.457. The van der Waals surface area contributed by atoms with Crippen LogP contribution in [0, 0.1) is 0 Å². The Labute approximate surface area is 181 Å². The van der Waals surface area contributed by atoms with Crippen LogP contribution in [0.1, 0.15) is 24.4 Å². The van der Waals surface area contributed by atoms with Crippen molar-refractivity contribution in [3.05, 3.63) is 66.6 Å². The number of anilines is 2. The predicted octanol–water partition coefficient (Wildman–Crippen LogP) is 3.95. The molecule has 31 heavy (non-hydrogen) atoms. The van der Waals surface area contributed by atoms with Gasteiger partial charge in [0, 0.05) is 29.9 Å². The number of rotatable bonds is 5. The van der Waals surface area contributed by atoms with Gasteiger partial charge in [0.2, 0.25) is 0 Å². The van der Waals surface area contributed by atoms with E-state index in [4.69, 9.17) is 10.7 Å². The van der Waals surface area contributed by atoms with Crippen LogP contribution in [-0.2, 0) is 6.54 Å². The Balaban J connectivity index is 1.32. The van der Waals surface area contributed by atoms with E-state index in [1.54, 1.807) is 0 Å². The molecule has 0 saturated carbocycles. The summed E-state index contributed by atoms with van der Waals surface area (Å²) >= 11 is 0. The van der Waals surface area contributed by atoms with Gasteiger partial charge >= 0.3 is 0 Å². The zero-order chi connectivity index (χ0) is 21.2. The number of benzene rings is 1. The maximum absolute atomic E-state index is 6.20. The number of nitrogens with two attached hydrogens (primary N) is 1. The Bertz CT molecular complexity index is 1190. The van der Waals surface area contributed by atoms with Crippen LogP contribution >= 0.6 is 0 Å². The molecule has 3 aromatic heterocycles. The minimum atomic E-state index is 0.457. The SMILES string of the molecule is CN1CCC(n2cc(-c3ccc(N)c(NCc4ccc5ncccc5c4)n3)cn2)CC1. The summed E-state index contributed by atoms with van der Waals surface area (Å²) in [7, 11) is 2.17. The monoisotopic (exact) mass is 413 g/mol. The van der Waals surface area contributed by atoms with Gasteiger partial charge in [0.05, 0.1) is 29.1 Å². The second-order valence-electron chi connectivity index (χ2n) is 8.26. The van der Waals surface area contributed by atoms with Crippen molar-refractivity contribution in [3.8, 4) is 11.3 Å². The van der Waals surface area contributed by atoms with Crippen LogP contribution in [0.4, 0.5) is 11.5 Å². The molecule has 1 aromatic carbocycles. The molecule has 1 aliphatic heterocycles. The molecule has 0 aliphatic carbocycles. The number of fused-ring (bicyclic) bond motifs is 1. The van der Waals surface area contributed by atoms with E-state index in [1.165, 1.54) is 0 Å². The summed E-state index contributed by atoms with van der Waals surface area (Å²) in [6, 6.07) is 14.6. The summed E-state index contributed by atoms with van der Waals surface area (Å²) in [4.78, 5) is 11.5. The third-order valence-corrected chi connectivity index (χ3v) is 6.01. The number of hydrogen-bond donors (Lipinski definition) is 2. The van der Waals surface area contributed by atoms with Gasteiger partial charge in [-0.2, -0.15) is 5.10 Å². The number of pyridine rings is 2. The lowest BCUT2D eigenvalue weighted by Gasteiger charge is -2.28. The summed E-state index contributed by atoms with van der Waals surface area (Å²) < 4.78 is 2.09. The van der Waals surface area contributed by atoms with Crippen molar-refractivity contribution in [3.63, 3.8) is 0 Å². The quantitative estimate of drug-likeness (QED) is 0.515. The first kappa shape index (κ1) is 19.5. The second-order valence-corrected chi connectivity index (χ2v) is 8.26. The highest BCUT2D eigenvalue weighted by Crippen LogP contribution is 2.27. The molecule has 5 rings (SSSR count). The second kappa shape index (κ2) is 8.35. The van der Waals surface area contributed by atoms with Crippen molar-refractivity contribution in [2.24, 2.45) is 0 Å². The molecule has 0 unspecified atom stereocenters. The number of aromatic nitrogens is 4. The number of nitrogens with one attached hydrogen (secondary N) is 1. The molecule has 0 bridgehead atoms. The Kier molecular flexibility index (Phi) is 5.26. The van der Waals surface area contributed by atoms with Crippen molar-refractivity contribution < 1.29 is 0 Å². The van der Waals surface area contributed by atoms with E-state index in [0.717, 1.165) is 53.7 Å². The number of piperidine rings is 1. The van der Waals surface area contributed by atoms with Gasteiger partial charge in [-0.3, -0.25) is 9.67 Å². The van der Waals surface area contributed by atoms with Gasteiger partial charge in [-0.05, 0) is 68.9 Å². The fourth-order valence-corrected chi connectivity index (χ4v) is 4.12. The third kappa shape index (κ3) is 4.22. The lowest BCUT2D eigenvalue weighted by Crippen LogP contribution is -2.31. The zero-order valence-electron chi connectivity index (χ0n) is 17.7. The number of likely N-dealkylation sites (tertiary alicyclic amines) is 1. The molecule has 158 valence electrons. The highest BCUT2D eigenvalue weighted by atomic mass is 15.3. The maximum atomic E-state index is 6.20. The predicted molar refractivity (Wildman–Crippen MR) is 125 cm³/mol. The molecular weight excluding hydrogens is 386 g/mol. The first-order valence-corrected chi connectivity index (χ1v) is 10.7. The molecular formula is C24H27N7. The molecule has 1 saturated heterocycles. The van der Waals surface area contributed by atoms with Crippen LogP contribution in [0.15, 0.2) is 61.1 Å². The molecule has 7 heteroatoms. The van der Waals surface area contributed by atoms with Crippen LogP contribution < -0.4 is 11.1 Å². The molecule has 1 aliphatic rings. The van der Waals surface area contributed by atoms with Crippen LogP contribution in [0.5, 0.6) is 0 Å². The summed E-state index contributed by atoms with van der Waals surface area (Å²) in [5.74, 6) is 0.691. The standard InChI is InChI=1S/C24H27N7/c1-30-11-8-20(9-12-30)31-16-19(15-28-31)23-7-5-21(25)24(29-23)27-14-17-4-6-22-18(13-17)3-2-10-26-22/h2-7,10,13,15-16,20H,8-9,11-12,14,25H2,1H3,(H,27,29). The minimum Gasteiger partial charge on any atom is -0.396 e. The average molecular weight is 414 g/mol. The van der Waals surface area contributed by atoms with Gasteiger partial charge in [0.25, 0.3) is 0 Å². The maximum Gasteiger partial charge on any atom is 0.150 e. The third-order valence-electron chi connectivity index (χ3n) is 6.01. The molecule has 1 fully saturated rings. The largest absolute Gasteiger partial charge is 0.396 e. The molecule has 0 atom stereocenters. The van der Waals surface area contributed by atoms with Gasteiger partial charge in [-0.1, -0.05) is 12.1 Å². The van der Waals surface area contributed by atoms with E-state index in [0.29, 0.717) is 24.1 Å². The van der Waals surface area contributed by atoms with E-state index in [-0.39, 0.29) is 0 Å². The Morgan fingerprint density at radius 2 is 2.00 bits per heavy atom. The number of nitrogens with zero attached hydrogens (tertiary/aromatic N) is 5. The van der Waals surface area contributed by atoms with Gasteiger partial charge in [0.15, 0.2) is 0 Å². The summed E-state index contributed by atoms with van der Waals surface area (Å²) in [5.41, 5.74) is 10.9. The van der Waals surface area contributed by atoms with E-state index >= 15 is 0 Å². The van der Waals surface area contributed by atoms with Gasteiger partial charge in [-0.25, -0.2) is 4.98 Å². The first-order valence-electron chi connectivity index (χ1n) is 10.7. The molecule has 7 nitrogen and oxygen atoms in total. The van der Waals surface area contributed by atoms with E-state index in [2.05, 4.69) is 56.4 Å². The lowest BCUT2D eigenvalue weighted by atomic mass is 10.1. The van der Waals surface area contributed by atoms with E-state index in [9.17, 15) is 0 Å². The summed E-state index contributed by atoms with van der Waals surface area (Å²) in [5, 5.41) is 9.13. The fraction of sp³-hybridized carbons (Fsp3) is 0.292. The summed E-state index contributed by atoms with van der Waals surface area (Å²) in [6.45, 7) is 2.86. The van der Waals surface area contributed by atoms with Crippen LogP contribution in [0.3, 0.4) is 0 Å². The lowest BCUT2D eigenvalue weighted by molar-refractivity contribution is 0.212. The van der Waals surface area contributed by atoms with Crippen molar-refractivity contribution >= 4 is 22.4 Å². The topological polar surface area (TPSA) is 84.9 Å². The van der Waals surface area contributed by atoms with Crippen molar-refractivity contribution in [2.45, 2.75) is 25.4 Å². The number of hydrogen-bond acceptors (Lipinski definition) is 6. The van der Waals surface area contributed by atoms with Gasteiger partial charge < -0.3 is 16.0 Å². The first-order chi connectivity index (χ1) is 15.2. The van der Waals surface area contributed by atoms with Gasteiger partial charge in [0.1, 0.15) is 5.82 Å². The van der Waals surface area contributed by atoms with E-state index < -0.39 is 0 Å². The Hall–Kier alpha value is -3.45.